The lowest BCUT2D eigenvalue weighted by atomic mass is 9.90. The quantitative estimate of drug-likeness (QED) is 0.540. The molecule has 158 valence electrons. The van der Waals surface area contributed by atoms with Gasteiger partial charge in [0.15, 0.2) is 5.78 Å². The monoisotopic (exact) mass is 431 g/mol. The smallest absolute Gasteiger partial charge is 0.243 e. The first-order chi connectivity index (χ1) is 14.8. The summed E-state index contributed by atoms with van der Waals surface area (Å²) in [6.45, 7) is 4.25. The third kappa shape index (κ3) is 4.53. The van der Waals surface area contributed by atoms with E-state index in [4.69, 9.17) is 0 Å². The molecule has 0 radical (unpaired) electrons. The fraction of sp³-hybridized carbons (Fsp3) is 0.192. The number of aryl methyl sites for hydroxylation is 2. The lowest BCUT2D eigenvalue weighted by molar-refractivity contribution is 0.102. The minimum absolute atomic E-state index is 0.0618. The summed E-state index contributed by atoms with van der Waals surface area (Å²) in [5.74, 6) is -0.329. The molecule has 0 amide bonds. The van der Waals surface area contributed by atoms with Crippen LogP contribution in [-0.4, -0.2) is 31.6 Å². The van der Waals surface area contributed by atoms with Gasteiger partial charge in [0.25, 0.3) is 0 Å². The largest absolute Gasteiger partial charge is 0.289 e. The van der Waals surface area contributed by atoms with Gasteiger partial charge >= 0.3 is 0 Å². The number of nitrogens with zero attached hydrogens (tertiary/aromatic N) is 1. The van der Waals surface area contributed by atoms with E-state index in [0.717, 1.165) is 16.7 Å². The van der Waals surface area contributed by atoms with Crippen LogP contribution in [0.2, 0.25) is 0 Å². The van der Waals surface area contributed by atoms with Crippen LogP contribution < -0.4 is 0 Å². The molecule has 5 heteroatoms. The second-order valence-electron chi connectivity index (χ2n) is 8.01. The van der Waals surface area contributed by atoms with E-state index in [1.807, 2.05) is 62.4 Å². The van der Waals surface area contributed by atoms with Crippen molar-refractivity contribution in [2.45, 2.75) is 24.7 Å². The zero-order valence-corrected chi connectivity index (χ0v) is 18.5. The number of sulfonamides is 1. The number of ketones is 1. The molecule has 1 aliphatic rings. The van der Waals surface area contributed by atoms with Crippen molar-refractivity contribution >= 4 is 15.8 Å². The number of rotatable bonds is 5. The molecule has 4 rings (SSSR count). The molecule has 0 bridgehead atoms. The van der Waals surface area contributed by atoms with Gasteiger partial charge < -0.3 is 0 Å². The Morgan fingerprint density at radius 2 is 1.42 bits per heavy atom. The summed E-state index contributed by atoms with van der Waals surface area (Å²) in [6, 6.07) is 23.9. The highest BCUT2D eigenvalue weighted by atomic mass is 32.2. The average Bonchev–Trinajstić information content (AvgIpc) is 2.79. The number of hydrogen-bond donors (Lipinski definition) is 0. The van der Waals surface area contributed by atoms with Crippen molar-refractivity contribution < 1.29 is 13.2 Å². The van der Waals surface area contributed by atoms with E-state index in [0.29, 0.717) is 17.7 Å². The van der Waals surface area contributed by atoms with Gasteiger partial charge in [0.2, 0.25) is 10.0 Å². The maximum absolute atomic E-state index is 13.4. The Bertz CT molecular complexity index is 1210. The standard InChI is InChI=1S/C26H25NO3S/c1-19-8-12-22(13-9-19)26(28)24-16-23(21-6-4-3-5-7-21)17-27(18-24)31(29,30)25-14-10-20(2)11-15-25/h3-16,23H,17-18H2,1-2H3. The number of Topliss-reactive ketones (excluding diaryl/α,β-unsaturated/α-hetero) is 1. The molecule has 31 heavy (non-hydrogen) atoms. The minimum atomic E-state index is -3.73. The van der Waals surface area contributed by atoms with Crippen molar-refractivity contribution in [3.05, 3.63) is 113 Å². The van der Waals surface area contributed by atoms with Gasteiger partial charge in [0.1, 0.15) is 0 Å². The second-order valence-corrected chi connectivity index (χ2v) is 9.95. The number of hydrogen-bond acceptors (Lipinski definition) is 3. The predicted octanol–water partition coefficient (Wildman–Crippen LogP) is 4.90. The molecule has 0 fully saturated rings. The van der Waals surface area contributed by atoms with Crippen molar-refractivity contribution in [1.29, 1.82) is 0 Å². The van der Waals surface area contributed by atoms with E-state index >= 15 is 0 Å². The fourth-order valence-electron chi connectivity index (χ4n) is 3.80. The maximum Gasteiger partial charge on any atom is 0.243 e. The SMILES string of the molecule is Cc1ccc(C(=O)C2=CC(c3ccccc3)CN(S(=O)(=O)c3ccc(C)cc3)C2)cc1. The maximum atomic E-state index is 13.4. The Hall–Kier alpha value is -3.02. The Labute approximate surface area is 183 Å². The molecule has 1 unspecified atom stereocenters. The third-order valence-corrected chi connectivity index (χ3v) is 7.47. The van der Waals surface area contributed by atoms with E-state index in [-0.39, 0.29) is 23.1 Å². The van der Waals surface area contributed by atoms with Crippen molar-refractivity contribution in [2.24, 2.45) is 0 Å². The van der Waals surface area contributed by atoms with Crippen LogP contribution >= 0.6 is 0 Å². The molecule has 1 heterocycles. The van der Waals surface area contributed by atoms with Crippen LogP contribution in [0.3, 0.4) is 0 Å². The first-order valence-electron chi connectivity index (χ1n) is 10.3. The molecule has 0 spiro atoms. The molecule has 0 saturated heterocycles. The van der Waals surface area contributed by atoms with Crippen molar-refractivity contribution in [1.82, 2.24) is 4.31 Å². The van der Waals surface area contributed by atoms with Crippen LogP contribution in [-0.2, 0) is 10.0 Å². The molecular formula is C26H25NO3S. The highest BCUT2D eigenvalue weighted by molar-refractivity contribution is 7.89. The van der Waals surface area contributed by atoms with Gasteiger partial charge in [-0.1, -0.05) is 83.9 Å². The first kappa shape index (κ1) is 21.2. The lowest BCUT2D eigenvalue weighted by Crippen LogP contribution is -2.40. The molecule has 0 aliphatic carbocycles. The van der Waals surface area contributed by atoms with E-state index in [1.54, 1.807) is 36.4 Å². The van der Waals surface area contributed by atoms with E-state index in [2.05, 4.69) is 0 Å². The first-order valence-corrected chi connectivity index (χ1v) is 11.7. The van der Waals surface area contributed by atoms with Gasteiger partial charge in [0.05, 0.1) is 4.90 Å². The number of benzene rings is 3. The van der Waals surface area contributed by atoms with E-state index in [1.165, 1.54) is 4.31 Å². The molecule has 1 atom stereocenters. The zero-order chi connectivity index (χ0) is 22.0. The summed E-state index contributed by atoms with van der Waals surface area (Å²) in [4.78, 5) is 13.5. The van der Waals surface area contributed by atoms with Gasteiger partial charge in [-0.3, -0.25) is 4.79 Å². The highest BCUT2D eigenvalue weighted by Crippen LogP contribution is 2.30. The van der Waals surface area contributed by atoms with E-state index in [9.17, 15) is 13.2 Å². The van der Waals surface area contributed by atoms with Crippen molar-refractivity contribution in [2.75, 3.05) is 13.1 Å². The lowest BCUT2D eigenvalue weighted by Gasteiger charge is -2.31. The molecule has 3 aromatic carbocycles. The molecule has 0 saturated carbocycles. The van der Waals surface area contributed by atoms with Crippen LogP contribution in [0.15, 0.2) is 95.4 Å². The zero-order valence-electron chi connectivity index (χ0n) is 17.7. The van der Waals surface area contributed by atoms with Crippen LogP contribution in [0, 0.1) is 13.8 Å². The Balaban J connectivity index is 1.73. The van der Waals surface area contributed by atoms with Crippen LogP contribution in [0.25, 0.3) is 0 Å². The molecule has 4 nitrogen and oxygen atoms in total. The Kier molecular flexibility index (Phi) is 5.90. The van der Waals surface area contributed by atoms with Gasteiger partial charge in [-0.25, -0.2) is 8.42 Å². The summed E-state index contributed by atoms with van der Waals surface area (Å²) in [5.41, 5.74) is 4.12. The number of carbonyl (C=O) groups excluding carboxylic acids is 1. The Morgan fingerprint density at radius 3 is 2.03 bits per heavy atom. The summed E-state index contributed by atoms with van der Waals surface area (Å²) in [6.07, 6.45) is 1.93. The van der Waals surface area contributed by atoms with Gasteiger partial charge in [-0.2, -0.15) is 4.31 Å². The number of carbonyl (C=O) groups is 1. The third-order valence-electron chi connectivity index (χ3n) is 5.64. The predicted molar refractivity (Wildman–Crippen MR) is 123 cm³/mol. The van der Waals surface area contributed by atoms with Gasteiger partial charge in [-0.15, -0.1) is 0 Å². The fourth-order valence-corrected chi connectivity index (χ4v) is 5.25. The molecule has 0 aromatic heterocycles. The van der Waals surface area contributed by atoms with Crippen LogP contribution in [0.5, 0.6) is 0 Å². The summed E-state index contributed by atoms with van der Waals surface area (Å²) in [7, 11) is -3.73. The molecule has 1 aliphatic heterocycles. The van der Waals surface area contributed by atoms with Crippen molar-refractivity contribution in [3.8, 4) is 0 Å². The topological polar surface area (TPSA) is 54.5 Å². The van der Waals surface area contributed by atoms with E-state index < -0.39 is 10.0 Å². The van der Waals surface area contributed by atoms with Gasteiger partial charge in [0, 0.05) is 30.1 Å². The second kappa shape index (κ2) is 8.61. The molecular weight excluding hydrogens is 406 g/mol. The normalized spacial score (nSPS) is 17.2. The van der Waals surface area contributed by atoms with Gasteiger partial charge in [-0.05, 0) is 31.5 Å². The van der Waals surface area contributed by atoms with Crippen LogP contribution in [0.1, 0.15) is 33.0 Å². The average molecular weight is 432 g/mol. The van der Waals surface area contributed by atoms with Crippen LogP contribution in [0.4, 0.5) is 0 Å². The minimum Gasteiger partial charge on any atom is -0.289 e. The Morgan fingerprint density at radius 1 is 0.839 bits per heavy atom. The summed E-state index contributed by atoms with van der Waals surface area (Å²) >= 11 is 0. The van der Waals surface area contributed by atoms with Crippen molar-refractivity contribution in [3.63, 3.8) is 0 Å². The molecule has 3 aromatic rings. The highest BCUT2D eigenvalue weighted by Gasteiger charge is 2.33. The summed E-state index contributed by atoms with van der Waals surface area (Å²) < 4.78 is 28.3. The summed E-state index contributed by atoms with van der Waals surface area (Å²) in [5, 5.41) is 0. The molecule has 0 N–H and O–H groups in total.